The maximum atomic E-state index is 4.78. The van der Waals surface area contributed by atoms with E-state index in [1.165, 1.54) is 0 Å². The second kappa shape index (κ2) is 4.19. The van der Waals surface area contributed by atoms with Gasteiger partial charge in [0.25, 0.3) is 0 Å². The molecular formula is C16H17N3. The molecule has 1 aromatic carbocycles. The Morgan fingerprint density at radius 3 is 2.42 bits per heavy atom. The zero-order valence-corrected chi connectivity index (χ0v) is 11.5. The van der Waals surface area contributed by atoms with Gasteiger partial charge < -0.3 is 0 Å². The number of para-hydroxylation sites is 1. The molecule has 2 heterocycles. The number of hydrogen-bond donors (Lipinski definition) is 0. The summed E-state index contributed by atoms with van der Waals surface area (Å²) in [6.45, 7) is 6.54. The first-order valence-corrected chi connectivity index (χ1v) is 6.46. The Labute approximate surface area is 112 Å². The van der Waals surface area contributed by atoms with Crippen LogP contribution in [0.5, 0.6) is 0 Å². The van der Waals surface area contributed by atoms with Gasteiger partial charge in [0.2, 0.25) is 0 Å². The molecule has 0 unspecified atom stereocenters. The van der Waals surface area contributed by atoms with Crippen LogP contribution in [-0.4, -0.2) is 14.5 Å². The third kappa shape index (κ3) is 2.01. The predicted octanol–water partition coefficient (Wildman–Crippen LogP) is 3.72. The Balaban J connectivity index is 2.38. The van der Waals surface area contributed by atoms with E-state index in [4.69, 9.17) is 4.98 Å². The van der Waals surface area contributed by atoms with E-state index < -0.39 is 0 Å². The van der Waals surface area contributed by atoms with Crippen molar-refractivity contribution in [3.8, 4) is 5.69 Å². The van der Waals surface area contributed by atoms with E-state index in [1.54, 1.807) is 6.20 Å². The maximum absolute atomic E-state index is 4.78. The van der Waals surface area contributed by atoms with E-state index in [1.807, 2.05) is 30.5 Å². The molecule has 96 valence electrons. The lowest BCUT2D eigenvalue weighted by molar-refractivity contribution is 0.539. The summed E-state index contributed by atoms with van der Waals surface area (Å²) in [5, 5.41) is 0. The predicted molar refractivity (Wildman–Crippen MR) is 77.6 cm³/mol. The normalized spacial score (nSPS) is 11.9. The molecule has 0 N–H and O–H groups in total. The van der Waals surface area contributed by atoms with E-state index in [2.05, 4.69) is 42.5 Å². The van der Waals surface area contributed by atoms with Crippen molar-refractivity contribution in [2.24, 2.45) is 0 Å². The van der Waals surface area contributed by atoms with Crippen molar-refractivity contribution in [2.75, 3.05) is 0 Å². The van der Waals surface area contributed by atoms with Crippen LogP contribution in [0.2, 0.25) is 0 Å². The summed E-state index contributed by atoms with van der Waals surface area (Å²) in [4.78, 5) is 9.02. The van der Waals surface area contributed by atoms with E-state index >= 15 is 0 Å². The molecule has 0 aliphatic heterocycles. The Morgan fingerprint density at radius 1 is 1.00 bits per heavy atom. The minimum atomic E-state index is -0.0190. The molecule has 3 heteroatoms. The smallest absolute Gasteiger partial charge is 0.119 e. The molecular weight excluding hydrogens is 234 g/mol. The van der Waals surface area contributed by atoms with Gasteiger partial charge in [-0.3, -0.25) is 9.55 Å². The number of rotatable bonds is 1. The quantitative estimate of drug-likeness (QED) is 0.660. The summed E-state index contributed by atoms with van der Waals surface area (Å²) in [6.07, 6.45) is 3.67. The van der Waals surface area contributed by atoms with Gasteiger partial charge in [0, 0.05) is 17.3 Å². The van der Waals surface area contributed by atoms with Gasteiger partial charge in [-0.1, -0.05) is 39.0 Å². The van der Waals surface area contributed by atoms with Gasteiger partial charge in [-0.2, -0.15) is 0 Å². The van der Waals surface area contributed by atoms with E-state index in [-0.39, 0.29) is 5.41 Å². The molecule has 0 fully saturated rings. The highest BCUT2D eigenvalue weighted by Gasteiger charge is 2.23. The van der Waals surface area contributed by atoms with E-state index in [0.717, 1.165) is 22.5 Å². The lowest BCUT2D eigenvalue weighted by Gasteiger charge is -2.20. The second-order valence-electron chi connectivity index (χ2n) is 5.72. The van der Waals surface area contributed by atoms with Crippen molar-refractivity contribution in [1.29, 1.82) is 0 Å². The lowest BCUT2D eigenvalue weighted by Crippen LogP contribution is -2.18. The summed E-state index contributed by atoms with van der Waals surface area (Å²) in [5.41, 5.74) is 3.15. The van der Waals surface area contributed by atoms with Crippen LogP contribution < -0.4 is 0 Å². The average molecular weight is 251 g/mol. The Kier molecular flexibility index (Phi) is 2.63. The fraction of sp³-hybridized carbons (Fsp3) is 0.250. The largest absolute Gasteiger partial charge is 0.294 e. The maximum Gasteiger partial charge on any atom is 0.119 e. The molecule has 0 amide bonds. The monoisotopic (exact) mass is 251 g/mol. The van der Waals surface area contributed by atoms with Crippen molar-refractivity contribution < 1.29 is 0 Å². The number of hydrogen-bond acceptors (Lipinski definition) is 2. The number of imidazole rings is 1. The molecule has 3 aromatic rings. The van der Waals surface area contributed by atoms with Crippen molar-refractivity contribution in [2.45, 2.75) is 26.2 Å². The highest BCUT2D eigenvalue weighted by Crippen LogP contribution is 2.28. The van der Waals surface area contributed by atoms with Gasteiger partial charge in [0.1, 0.15) is 5.82 Å². The summed E-state index contributed by atoms with van der Waals surface area (Å²) in [6, 6.07) is 12.3. The Bertz CT molecular complexity index is 706. The van der Waals surface area contributed by atoms with Gasteiger partial charge in [-0.15, -0.1) is 0 Å². The molecule has 0 aliphatic carbocycles. The number of aromatic nitrogens is 3. The molecule has 0 atom stereocenters. The zero-order valence-electron chi connectivity index (χ0n) is 11.5. The van der Waals surface area contributed by atoms with E-state index in [0.29, 0.717) is 0 Å². The summed E-state index contributed by atoms with van der Waals surface area (Å²) in [7, 11) is 0. The summed E-state index contributed by atoms with van der Waals surface area (Å²) in [5.74, 6) is 1.06. The Hall–Kier alpha value is -2.16. The van der Waals surface area contributed by atoms with E-state index in [9.17, 15) is 0 Å². The first-order chi connectivity index (χ1) is 9.07. The van der Waals surface area contributed by atoms with Gasteiger partial charge in [-0.25, -0.2) is 4.98 Å². The molecule has 2 aromatic heterocycles. The number of benzene rings is 1. The van der Waals surface area contributed by atoms with Crippen LogP contribution in [0, 0.1) is 0 Å². The van der Waals surface area contributed by atoms with Crippen LogP contribution in [-0.2, 0) is 5.41 Å². The topological polar surface area (TPSA) is 30.7 Å². The van der Waals surface area contributed by atoms with Gasteiger partial charge in [-0.05, 0) is 18.2 Å². The van der Waals surface area contributed by atoms with Crippen LogP contribution >= 0.6 is 0 Å². The second-order valence-corrected chi connectivity index (χ2v) is 5.72. The SMILES string of the molecule is CC(C)(C)c1nc2ccncc2n1-c1ccccc1. The average Bonchev–Trinajstić information content (AvgIpc) is 2.79. The first kappa shape index (κ1) is 11.9. The molecule has 19 heavy (non-hydrogen) atoms. The molecule has 3 nitrogen and oxygen atoms in total. The van der Waals surface area contributed by atoms with Crippen molar-refractivity contribution in [3.63, 3.8) is 0 Å². The molecule has 0 aliphatic rings. The van der Waals surface area contributed by atoms with Crippen LogP contribution in [0.15, 0.2) is 48.8 Å². The summed E-state index contributed by atoms with van der Waals surface area (Å²) >= 11 is 0. The molecule has 0 saturated heterocycles. The highest BCUT2D eigenvalue weighted by molar-refractivity contribution is 5.77. The zero-order chi connectivity index (χ0) is 13.5. The minimum Gasteiger partial charge on any atom is -0.294 e. The van der Waals surface area contributed by atoms with Gasteiger partial charge in [0.05, 0.1) is 17.2 Å². The van der Waals surface area contributed by atoms with Crippen LogP contribution in [0.25, 0.3) is 16.7 Å². The van der Waals surface area contributed by atoms with Crippen LogP contribution in [0.3, 0.4) is 0 Å². The molecule has 0 spiro atoms. The van der Waals surface area contributed by atoms with Crippen molar-refractivity contribution in [3.05, 3.63) is 54.6 Å². The third-order valence-electron chi connectivity index (χ3n) is 3.14. The number of nitrogens with zero attached hydrogens (tertiary/aromatic N) is 3. The number of fused-ring (bicyclic) bond motifs is 1. The highest BCUT2D eigenvalue weighted by atomic mass is 15.1. The van der Waals surface area contributed by atoms with Crippen LogP contribution in [0.4, 0.5) is 0 Å². The standard InChI is InChI=1S/C16H17N3/c1-16(2,3)15-18-13-9-10-17-11-14(13)19(15)12-7-5-4-6-8-12/h4-11H,1-3H3. The summed E-state index contributed by atoms with van der Waals surface area (Å²) < 4.78 is 2.20. The number of pyridine rings is 1. The Morgan fingerprint density at radius 2 is 1.74 bits per heavy atom. The lowest BCUT2D eigenvalue weighted by atomic mass is 9.95. The van der Waals surface area contributed by atoms with Gasteiger partial charge in [0.15, 0.2) is 0 Å². The minimum absolute atomic E-state index is 0.0190. The fourth-order valence-corrected chi connectivity index (χ4v) is 2.27. The fourth-order valence-electron chi connectivity index (χ4n) is 2.27. The first-order valence-electron chi connectivity index (χ1n) is 6.46. The molecule has 3 rings (SSSR count). The van der Waals surface area contributed by atoms with Crippen molar-refractivity contribution >= 4 is 11.0 Å². The molecule has 0 saturated carbocycles. The van der Waals surface area contributed by atoms with Crippen LogP contribution in [0.1, 0.15) is 26.6 Å². The molecule has 0 bridgehead atoms. The third-order valence-corrected chi connectivity index (χ3v) is 3.14. The van der Waals surface area contributed by atoms with Gasteiger partial charge >= 0.3 is 0 Å². The van der Waals surface area contributed by atoms with Crippen molar-refractivity contribution in [1.82, 2.24) is 14.5 Å². The molecule has 0 radical (unpaired) electrons.